The van der Waals surface area contributed by atoms with Gasteiger partial charge in [0, 0.05) is 42.0 Å². The van der Waals surface area contributed by atoms with Gasteiger partial charge in [-0.3, -0.25) is 0 Å². The molecule has 2 aliphatic carbocycles. The predicted molar refractivity (Wildman–Crippen MR) is 107 cm³/mol. The lowest BCUT2D eigenvalue weighted by atomic mass is 9.54. The minimum Gasteiger partial charge on any atom is -0.479 e. The van der Waals surface area contributed by atoms with Crippen LogP contribution in [0.5, 0.6) is 5.88 Å². The summed E-state index contributed by atoms with van der Waals surface area (Å²) in [7, 11) is 1.66. The van der Waals surface area contributed by atoms with Gasteiger partial charge in [0.15, 0.2) is 0 Å². The van der Waals surface area contributed by atoms with E-state index in [1.807, 2.05) is 27.4 Å². The SMILES string of the molecule is COc1nc(NC2CC3(CCC3)C2)nn2ccc(-c3ccc4nccn4c3)c12. The van der Waals surface area contributed by atoms with Crippen molar-refractivity contribution in [2.75, 3.05) is 12.4 Å². The van der Waals surface area contributed by atoms with E-state index in [1.165, 1.54) is 32.1 Å². The molecule has 0 atom stereocenters. The normalized spacial score (nSPS) is 18.3. The van der Waals surface area contributed by atoms with Crippen LogP contribution in [0.25, 0.3) is 22.3 Å². The topological polar surface area (TPSA) is 68.8 Å². The summed E-state index contributed by atoms with van der Waals surface area (Å²) in [5.74, 6) is 1.22. The molecule has 0 aliphatic heterocycles. The number of hydrogen-bond acceptors (Lipinski definition) is 5. The molecule has 0 bridgehead atoms. The second kappa shape index (κ2) is 5.70. The first-order valence-electron chi connectivity index (χ1n) is 9.86. The maximum absolute atomic E-state index is 5.64. The molecule has 1 spiro atoms. The molecule has 4 heterocycles. The van der Waals surface area contributed by atoms with Gasteiger partial charge in [-0.05, 0) is 49.3 Å². The Balaban J connectivity index is 1.36. The average molecular weight is 374 g/mol. The van der Waals surface area contributed by atoms with Gasteiger partial charge >= 0.3 is 0 Å². The molecule has 0 amide bonds. The zero-order valence-electron chi connectivity index (χ0n) is 15.8. The molecule has 2 fully saturated rings. The zero-order valence-corrected chi connectivity index (χ0v) is 15.8. The summed E-state index contributed by atoms with van der Waals surface area (Å²) < 4.78 is 9.51. The largest absolute Gasteiger partial charge is 0.479 e. The molecule has 4 aromatic heterocycles. The molecular formula is C21H22N6O. The van der Waals surface area contributed by atoms with Crippen molar-refractivity contribution < 1.29 is 4.74 Å². The molecule has 142 valence electrons. The van der Waals surface area contributed by atoms with Crippen LogP contribution in [0.4, 0.5) is 5.95 Å². The van der Waals surface area contributed by atoms with Crippen LogP contribution in [0.2, 0.25) is 0 Å². The van der Waals surface area contributed by atoms with Gasteiger partial charge in [-0.15, -0.1) is 5.10 Å². The number of hydrogen-bond donors (Lipinski definition) is 1. The van der Waals surface area contributed by atoms with Crippen molar-refractivity contribution >= 4 is 17.1 Å². The minimum absolute atomic E-state index is 0.473. The highest BCUT2D eigenvalue weighted by Crippen LogP contribution is 2.56. The maximum atomic E-state index is 5.64. The summed E-state index contributed by atoms with van der Waals surface area (Å²) in [6.45, 7) is 0. The van der Waals surface area contributed by atoms with E-state index in [-0.39, 0.29) is 0 Å². The molecule has 7 nitrogen and oxygen atoms in total. The fourth-order valence-corrected chi connectivity index (χ4v) is 4.86. The standard InChI is InChI=1S/C21H22N6O/c1-28-19-18-16(14-3-4-17-22-8-10-26(17)13-14)5-9-27(18)25-20(24-19)23-15-11-21(12-15)6-2-7-21/h3-5,8-10,13,15H,2,6-7,11-12H2,1H3,(H,23,25). The van der Waals surface area contributed by atoms with E-state index in [2.05, 4.69) is 33.6 Å². The number of nitrogens with zero attached hydrogens (tertiary/aromatic N) is 5. The molecule has 2 aliphatic rings. The molecule has 0 radical (unpaired) electrons. The van der Waals surface area contributed by atoms with Crippen molar-refractivity contribution in [3.63, 3.8) is 0 Å². The lowest BCUT2D eigenvalue weighted by Crippen LogP contribution is -2.49. The van der Waals surface area contributed by atoms with Crippen LogP contribution in [0.3, 0.4) is 0 Å². The van der Waals surface area contributed by atoms with Crippen molar-refractivity contribution in [3.05, 3.63) is 43.0 Å². The van der Waals surface area contributed by atoms with Crippen LogP contribution < -0.4 is 10.1 Å². The first kappa shape index (κ1) is 15.9. The van der Waals surface area contributed by atoms with E-state index in [0.29, 0.717) is 23.3 Å². The molecule has 0 unspecified atom stereocenters. The Kier molecular flexibility index (Phi) is 3.24. The van der Waals surface area contributed by atoms with E-state index < -0.39 is 0 Å². The summed E-state index contributed by atoms with van der Waals surface area (Å²) in [6, 6.07) is 6.60. The molecule has 28 heavy (non-hydrogen) atoms. The molecule has 0 aromatic carbocycles. The van der Waals surface area contributed by atoms with Crippen LogP contribution in [0, 0.1) is 5.41 Å². The lowest BCUT2D eigenvalue weighted by Gasteiger charge is -2.54. The highest BCUT2D eigenvalue weighted by molar-refractivity contribution is 5.84. The fraction of sp³-hybridized carbons (Fsp3) is 0.381. The smallest absolute Gasteiger partial charge is 0.244 e. The van der Waals surface area contributed by atoms with Crippen molar-refractivity contribution in [1.29, 1.82) is 0 Å². The molecule has 7 heteroatoms. The molecule has 1 N–H and O–H groups in total. The first-order chi connectivity index (χ1) is 13.7. The Labute approximate surface area is 162 Å². The van der Waals surface area contributed by atoms with Gasteiger partial charge in [-0.2, -0.15) is 4.98 Å². The van der Waals surface area contributed by atoms with Gasteiger partial charge in [-0.25, -0.2) is 9.50 Å². The number of aromatic nitrogens is 5. The van der Waals surface area contributed by atoms with Gasteiger partial charge < -0.3 is 14.5 Å². The molecule has 6 rings (SSSR count). The van der Waals surface area contributed by atoms with Gasteiger partial charge in [0.1, 0.15) is 11.2 Å². The maximum Gasteiger partial charge on any atom is 0.244 e. The summed E-state index contributed by atoms with van der Waals surface area (Å²) >= 11 is 0. The molecular weight excluding hydrogens is 352 g/mol. The summed E-state index contributed by atoms with van der Waals surface area (Å²) in [4.78, 5) is 8.97. The summed E-state index contributed by atoms with van der Waals surface area (Å²) in [5, 5.41) is 8.19. The number of fused-ring (bicyclic) bond motifs is 2. The van der Waals surface area contributed by atoms with Crippen molar-refractivity contribution in [2.45, 2.75) is 38.1 Å². The Morgan fingerprint density at radius 2 is 2.07 bits per heavy atom. The third-order valence-corrected chi connectivity index (χ3v) is 6.48. The number of pyridine rings is 1. The van der Waals surface area contributed by atoms with Crippen LogP contribution in [0.15, 0.2) is 43.0 Å². The minimum atomic E-state index is 0.473. The highest BCUT2D eigenvalue weighted by atomic mass is 16.5. The Bertz CT molecular complexity index is 1180. The van der Waals surface area contributed by atoms with Crippen LogP contribution >= 0.6 is 0 Å². The van der Waals surface area contributed by atoms with Crippen LogP contribution in [0.1, 0.15) is 32.1 Å². The first-order valence-corrected chi connectivity index (χ1v) is 9.86. The summed E-state index contributed by atoms with van der Waals surface area (Å²) in [5.41, 5.74) is 4.53. The number of rotatable bonds is 4. The van der Waals surface area contributed by atoms with Crippen molar-refractivity contribution in [1.82, 2.24) is 24.0 Å². The van der Waals surface area contributed by atoms with E-state index in [0.717, 1.165) is 22.3 Å². The van der Waals surface area contributed by atoms with Crippen LogP contribution in [-0.4, -0.2) is 37.1 Å². The van der Waals surface area contributed by atoms with Gasteiger partial charge in [0.2, 0.25) is 11.8 Å². The van der Waals surface area contributed by atoms with E-state index in [4.69, 9.17) is 9.84 Å². The van der Waals surface area contributed by atoms with Crippen molar-refractivity contribution in [2.24, 2.45) is 5.41 Å². The third-order valence-electron chi connectivity index (χ3n) is 6.48. The quantitative estimate of drug-likeness (QED) is 0.588. The van der Waals surface area contributed by atoms with E-state index >= 15 is 0 Å². The van der Waals surface area contributed by atoms with E-state index in [1.54, 1.807) is 13.3 Å². The van der Waals surface area contributed by atoms with Gasteiger partial charge in [0.25, 0.3) is 0 Å². The number of nitrogens with one attached hydrogen (secondary N) is 1. The molecule has 4 aromatic rings. The van der Waals surface area contributed by atoms with Crippen LogP contribution in [-0.2, 0) is 0 Å². The van der Waals surface area contributed by atoms with Crippen molar-refractivity contribution in [3.8, 4) is 17.0 Å². The third kappa shape index (κ3) is 2.32. The van der Waals surface area contributed by atoms with E-state index in [9.17, 15) is 0 Å². The number of ether oxygens (including phenoxy) is 1. The zero-order chi connectivity index (χ0) is 18.7. The number of imidazole rings is 1. The second-order valence-electron chi connectivity index (χ2n) is 8.18. The number of anilines is 1. The highest BCUT2D eigenvalue weighted by Gasteiger charge is 2.48. The Hall–Kier alpha value is -3.09. The lowest BCUT2D eigenvalue weighted by molar-refractivity contribution is 0.0189. The second-order valence-corrected chi connectivity index (χ2v) is 8.18. The molecule has 2 saturated carbocycles. The van der Waals surface area contributed by atoms with Gasteiger partial charge in [0.05, 0.1) is 7.11 Å². The number of methoxy groups -OCH3 is 1. The Morgan fingerprint density at radius 3 is 2.86 bits per heavy atom. The monoisotopic (exact) mass is 374 g/mol. The average Bonchev–Trinajstić information content (AvgIpc) is 3.28. The summed E-state index contributed by atoms with van der Waals surface area (Å²) in [6.07, 6.45) is 14.4. The predicted octanol–water partition coefficient (Wildman–Crippen LogP) is 3.80. The molecule has 0 saturated heterocycles. The fourth-order valence-electron chi connectivity index (χ4n) is 4.86. The Morgan fingerprint density at radius 1 is 1.18 bits per heavy atom. The van der Waals surface area contributed by atoms with Gasteiger partial charge in [-0.1, -0.05) is 6.42 Å².